The van der Waals surface area contributed by atoms with Gasteiger partial charge in [-0.1, -0.05) is 12.8 Å². The topological polar surface area (TPSA) is 36.4 Å². The van der Waals surface area contributed by atoms with E-state index in [9.17, 15) is 4.79 Å². The third-order valence-electron chi connectivity index (χ3n) is 4.66. The number of hydrogen-bond acceptors (Lipinski definition) is 4. The minimum absolute atomic E-state index is 0.663. The van der Waals surface area contributed by atoms with Gasteiger partial charge in [-0.2, -0.15) is 0 Å². The highest BCUT2D eigenvalue weighted by molar-refractivity contribution is 5.75. The molecule has 20 heavy (non-hydrogen) atoms. The third kappa shape index (κ3) is 2.70. The van der Waals surface area contributed by atoms with Crippen molar-refractivity contribution in [3.05, 3.63) is 23.4 Å². The Morgan fingerprint density at radius 2 is 1.90 bits per heavy atom. The smallest absolute Gasteiger partial charge is 0.151 e. The van der Waals surface area contributed by atoms with Gasteiger partial charge >= 0.3 is 0 Å². The van der Waals surface area contributed by atoms with E-state index in [-0.39, 0.29) is 0 Å². The molecule has 0 N–H and O–H groups in total. The van der Waals surface area contributed by atoms with Gasteiger partial charge in [-0.3, -0.25) is 9.69 Å². The molecule has 1 aromatic heterocycles. The molecular formula is C16H23N3O. The number of carbonyl (C=O) groups excluding carboxylic acids is 1. The Hall–Kier alpha value is -1.42. The average Bonchev–Trinajstić information content (AvgIpc) is 3.01. The number of pyridine rings is 1. The molecule has 2 fully saturated rings. The maximum atomic E-state index is 10.8. The van der Waals surface area contributed by atoms with E-state index in [0.717, 1.165) is 49.9 Å². The summed E-state index contributed by atoms with van der Waals surface area (Å²) in [4.78, 5) is 20.3. The predicted octanol–water partition coefficient (Wildman–Crippen LogP) is 2.27. The Balaban J connectivity index is 1.64. The summed E-state index contributed by atoms with van der Waals surface area (Å²) in [7, 11) is 0. The Kier molecular flexibility index (Phi) is 4.01. The lowest BCUT2D eigenvalue weighted by Crippen LogP contribution is -2.50. The number of aryl methyl sites for hydroxylation is 1. The second-order valence-corrected chi connectivity index (χ2v) is 5.99. The molecule has 1 saturated carbocycles. The van der Waals surface area contributed by atoms with E-state index >= 15 is 0 Å². The molecule has 1 saturated heterocycles. The van der Waals surface area contributed by atoms with Crippen molar-refractivity contribution in [2.45, 2.75) is 38.6 Å². The standard InChI is InChI=1S/C16H23N3O/c1-13-10-14(12-20)11-17-16(13)19-8-6-18(7-9-19)15-4-2-3-5-15/h10-12,15H,2-9H2,1H3. The van der Waals surface area contributed by atoms with Crippen LogP contribution in [0.15, 0.2) is 12.3 Å². The monoisotopic (exact) mass is 273 g/mol. The molecule has 108 valence electrons. The molecule has 0 unspecified atom stereocenters. The number of hydrogen-bond donors (Lipinski definition) is 0. The van der Waals surface area contributed by atoms with Crippen LogP contribution in [-0.4, -0.2) is 48.4 Å². The molecule has 0 radical (unpaired) electrons. The van der Waals surface area contributed by atoms with Crippen molar-refractivity contribution >= 4 is 12.1 Å². The lowest BCUT2D eigenvalue weighted by atomic mass is 10.1. The second-order valence-electron chi connectivity index (χ2n) is 5.99. The van der Waals surface area contributed by atoms with E-state index in [1.54, 1.807) is 6.20 Å². The molecule has 4 heteroatoms. The van der Waals surface area contributed by atoms with Crippen molar-refractivity contribution in [1.82, 2.24) is 9.88 Å². The van der Waals surface area contributed by atoms with Crippen LogP contribution in [0.3, 0.4) is 0 Å². The van der Waals surface area contributed by atoms with Crippen molar-refractivity contribution in [3.63, 3.8) is 0 Å². The molecule has 1 aromatic rings. The van der Waals surface area contributed by atoms with Gasteiger partial charge in [-0.25, -0.2) is 4.98 Å². The number of nitrogens with zero attached hydrogens (tertiary/aromatic N) is 3. The number of rotatable bonds is 3. The highest BCUT2D eigenvalue weighted by atomic mass is 16.1. The fourth-order valence-electron chi connectivity index (χ4n) is 3.55. The number of piperazine rings is 1. The van der Waals surface area contributed by atoms with Gasteiger partial charge in [0.15, 0.2) is 6.29 Å². The zero-order valence-corrected chi connectivity index (χ0v) is 12.2. The van der Waals surface area contributed by atoms with Gasteiger partial charge in [0, 0.05) is 44.0 Å². The maximum absolute atomic E-state index is 10.8. The summed E-state index contributed by atoms with van der Waals surface area (Å²) in [6.45, 7) is 6.41. The third-order valence-corrected chi connectivity index (χ3v) is 4.66. The highest BCUT2D eigenvalue weighted by Crippen LogP contribution is 2.26. The molecule has 0 aromatic carbocycles. The molecule has 3 rings (SSSR count). The van der Waals surface area contributed by atoms with Crippen LogP contribution in [0.4, 0.5) is 5.82 Å². The predicted molar refractivity (Wildman–Crippen MR) is 80.4 cm³/mol. The largest absolute Gasteiger partial charge is 0.354 e. The van der Waals surface area contributed by atoms with Crippen molar-refractivity contribution < 1.29 is 4.79 Å². The zero-order chi connectivity index (χ0) is 13.9. The fraction of sp³-hybridized carbons (Fsp3) is 0.625. The van der Waals surface area contributed by atoms with Gasteiger partial charge in [0.25, 0.3) is 0 Å². The Bertz CT molecular complexity index is 475. The second kappa shape index (κ2) is 5.92. The highest BCUT2D eigenvalue weighted by Gasteiger charge is 2.26. The van der Waals surface area contributed by atoms with E-state index in [4.69, 9.17) is 0 Å². The molecular weight excluding hydrogens is 250 g/mol. The first-order valence-corrected chi connectivity index (χ1v) is 7.69. The van der Waals surface area contributed by atoms with Crippen molar-refractivity contribution in [1.29, 1.82) is 0 Å². The first-order chi connectivity index (χ1) is 9.78. The molecule has 0 bridgehead atoms. The minimum Gasteiger partial charge on any atom is -0.354 e. The summed E-state index contributed by atoms with van der Waals surface area (Å²) in [5.41, 5.74) is 1.76. The summed E-state index contributed by atoms with van der Waals surface area (Å²) >= 11 is 0. The van der Waals surface area contributed by atoms with Crippen molar-refractivity contribution in [3.8, 4) is 0 Å². The average molecular weight is 273 g/mol. The lowest BCUT2D eigenvalue weighted by molar-refractivity contribution is 0.112. The summed E-state index contributed by atoms with van der Waals surface area (Å²) in [6.07, 6.45) is 8.11. The first-order valence-electron chi connectivity index (χ1n) is 7.69. The summed E-state index contributed by atoms with van der Waals surface area (Å²) < 4.78 is 0. The zero-order valence-electron chi connectivity index (χ0n) is 12.2. The summed E-state index contributed by atoms with van der Waals surface area (Å²) in [6, 6.07) is 2.75. The Morgan fingerprint density at radius 1 is 1.20 bits per heavy atom. The van der Waals surface area contributed by atoms with E-state index < -0.39 is 0 Å². The fourth-order valence-corrected chi connectivity index (χ4v) is 3.55. The van der Waals surface area contributed by atoms with Gasteiger partial charge in [-0.05, 0) is 31.4 Å². The van der Waals surface area contributed by atoms with Crippen LogP contribution >= 0.6 is 0 Å². The van der Waals surface area contributed by atoms with Crippen LogP contribution in [0.2, 0.25) is 0 Å². The van der Waals surface area contributed by atoms with Crippen LogP contribution in [0.5, 0.6) is 0 Å². The lowest BCUT2D eigenvalue weighted by Gasteiger charge is -2.39. The normalized spacial score (nSPS) is 21.4. The van der Waals surface area contributed by atoms with Gasteiger partial charge in [0.1, 0.15) is 5.82 Å². The molecule has 2 aliphatic rings. The maximum Gasteiger partial charge on any atom is 0.151 e. The van der Waals surface area contributed by atoms with E-state index in [2.05, 4.69) is 14.8 Å². The first kappa shape index (κ1) is 13.6. The molecule has 1 aliphatic carbocycles. The van der Waals surface area contributed by atoms with E-state index in [1.165, 1.54) is 25.7 Å². The van der Waals surface area contributed by atoms with Crippen molar-refractivity contribution in [2.75, 3.05) is 31.1 Å². The molecule has 2 heterocycles. The molecule has 0 amide bonds. The number of aldehydes is 1. The van der Waals surface area contributed by atoms with Gasteiger partial charge < -0.3 is 4.90 Å². The minimum atomic E-state index is 0.663. The number of anilines is 1. The SMILES string of the molecule is Cc1cc(C=O)cnc1N1CCN(C2CCCC2)CC1. The summed E-state index contributed by atoms with van der Waals surface area (Å²) in [5, 5.41) is 0. The van der Waals surface area contributed by atoms with Crippen LogP contribution in [0.1, 0.15) is 41.6 Å². The number of aromatic nitrogens is 1. The molecule has 0 spiro atoms. The molecule has 1 aliphatic heterocycles. The Labute approximate surface area is 120 Å². The molecule has 4 nitrogen and oxygen atoms in total. The summed E-state index contributed by atoms with van der Waals surface area (Å²) in [5.74, 6) is 1.04. The van der Waals surface area contributed by atoms with Crippen LogP contribution in [-0.2, 0) is 0 Å². The van der Waals surface area contributed by atoms with Crippen LogP contribution < -0.4 is 4.90 Å². The van der Waals surface area contributed by atoms with E-state index in [1.807, 2.05) is 13.0 Å². The van der Waals surface area contributed by atoms with Gasteiger partial charge in [0.2, 0.25) is 0 Å². The van der Waals surface area contributed by atoms with Gasteiger partial charge in [-0.15, -0.1) is 0 Å². The van der Waals surface area contributed by atoms with Crippen LogP contribution in [0.25, 0.3) is 0 Å². The quantitative estimate of drug-likeness (QED) is 0.792. The van der Waals surface area contributed by atoms with Crippen molar-refractivity contribution in [2.24, 2.45) is 0 Å². The van der Waals surface area contributed by atoms with Gasteiger partial charge in [0.05, 0.1) is 0 Å². The number of carbonyl (C=O) groups is 1. The molecule has 0 atom stereocenters. The Morgan fingerprint density at radius 3 is 2.50 bits per heavy atom. The van der Waals surface area contributed by atoms with E-state index in [0.29, 0.717) is 5.56 Å². The van der Waals surface area contributed by atoms with Crippen LogP contribution in [0, 0.1) is 6.92 Å².